The smallest absolute Gasteiger partial charge is 0.407 e. The van der Waals surface area contributed by atoms with E-state index in [1.54, 1.807) is 7.11 Å². The Morgan fingerprint density at radius 1 is 1.50 bits per heavy atom. The third-order valence-corrected chi connectivity index (χ3v) is 1.51. The van der Waals surface area contributed by atoms with Gasteiger partial charge in [0.25, 0.3) is 0 Å². The van der Waals surface area contributed by atoms with Crippen LogP contribution in [0.25, 0.3) is 0 Å². The number of hydrogen-bond acceptors (Lipinski definition) is 3. The van der Waals surface area contributed by atoms with Gasteiger partial charge in [0.2, 0.25) is 0 Å². The average Bonchev–Trinajstić information content (AvgIpc) is 2.05. The van der Waals surface area contributed by atoms with E-state index in [4.69, 9.17) is 4.74 Å². The second-order valence-corrected chi connectivity index (χ2v) is 2.58. The average molecular weight is 175 g/mol. The quantitative estimate of drug-likeness (QED) is 0.682. The van der Waals surface area contributed by atoms with Gasteiger partial charge >= 0.3 is 6.09 Å². The molecular weight excluding hydrogens is 158 g/mol. The fourth-order valence-corrected chi connectivity index (χ4v) is 0.972. The van der Waals surface area contributed by atoms with Crippen LogP contribution < -0.4 is 5.32 Å². The number of carbonyl (C=O) groups excluding carboxylic acids is 1. The van der Waals surface area contributed by atoms with E-state index in [1.807, 2.05) is 0 Å². The molecule has 0 aliphatic carbocycles. The van der Waals surface area contributed by atoms with Gasteiger partial charge in [0, 0.05) is 7.11 Å². The van der Waals surface area contributed by atoms with Gasteiger partial charge in [0.1, 0.15) is 0 Å². The van der Waals surface area contributed by atoms with Gasteiger partial charge in [-0.1, -0.05) is 13.3 Å². The molecule has 0 aliphatic heterocycles. The number of methoxy groups -OCH3 is 2. The number of ether oxygens (including phenoxy) is 2. The molecule has 1 atom stereocenters. The molecule has 0 aromatic rings. The van der Waals surface area contributed by atoms with E-state index >= 15 is 0 Å². The molecule has 0 aromatic carbocycles. The van der Waals surface area contributed by atoms with E-state index in [0.29, 0.717) is 6.61 Å². The number of carbonyl (C=O) groups is 1. The van der Waals surface area contributed by atoms with Crippen LogP contribution >= 0.6 is 0 Å². The molecule has 0 fully saturated rings. The van der Waals surface area contributed by atoms with Crippen LogP contribution in [0.2, 0.25) is 0 Å². The van der Waals surface area contributed by atoms with E-state index in [-0.39, 0.29) is 6.04 Å². The van der Waals surface area contributed by atoms with Gasteiger partial charge in [-0.25, -0.2) is 4.79 Å². The normalized spacial score (nSPS) is 12.2. The second-order valence-electron chi connectivity index (χ2n) is 2.58. The predicted molar refractivity (Wildman–Crippen MR) is 46.1 cm³/mol. The lowest BCUT2D eigenvalue weighted by Crippen LogP contribution is -2.37. The molecule has 0 aromatic heterocycles. The lowest BCUT2D eigenvalue weighted by Gasteiger charge is -2.15. The fourth-order valence-electron chi connectivity index (χ4n) is 0.972. The van der Waals surface area contributed by atoms with Gasteiger partial charge in [0.05, 0.1) is 19.8 Å². The molecule has 4 heteroatoms. The Labute approximate surface area is 73.2 Å². The largest absolute Gasteiger partial charge is 0.453 e. The van der Waals surface area contributed by atoms with Crippen molar-refractivity contribution in [3.63, 3.8) is 0 Å². The van der Waals surface area contributed by atoms with Gasteiger partial charge in [-0.05, 0) is 6.42 Å². The summed E-state index contributed by atoms with van der Waals surface area (Å²) in [6.45, 7) is 2.59. The Hall–Kier alpha value is -0.770. The molecule has 72 valence electrons. The van der Waals surface area contributed by atoms with E-state index < -0.39 is 6.09 Å². The second kappa shape index (κ2) is 6.91. The SMILES string of the molecule is CCCC(COC)NC(=O)OC. The summed E-state index contributed by atoms with van der Waals surface area (Å²) in [6.07, 6.45) is 1.52. The summed E-state index contributed by atoms with van der Waals surface area (Å²) in [6, 6.07) is 0.0625. The van der Waals surface area contributed by atoms with Gasteiger partial charge in [-0.15, -0.1) is 0 Å². The minimum absolute atomic E-state index is 0.0625. The summed E-state index contributed by atoms with van der Waals surface area (Å²) in [4.78, 5) is 10.8. The number of amides is 1. The standard InChI is InChI=1S/C8H17NO3/c1-4-5-7(6-11-2)9-8(10)12-3/h7H,4-6H2,1-3H3,(H,9,10). The van der Waals surface area contributed by atoms with Crippen LogP contribution in [0.5, 0.6) is 0 Å². The van der Waals surface area contributed by atoms with Crippen LogP contribution in [-0.2, 0) is 9.47 Å². The lowest BCUT2D eigenvalue weighted by molar-refractivity contribution is 0.138. The summed E-state index contributed by atoms with van der Waals surface area (Å²) < 4.78 is 9.40. The van der Waals surface area contributed by atoms with Gasteiger partial charge in [-0.2, -0.15) is 0 Å². The van der Waals surface area contributed by atoms with E-state index in [9.17, 15) is 4.79 Å². The highest BCUT2D eigenvalue weighted by atomic mass is 16.5. The van der Waals surface area contributed by atoms with Crippen LogP contribution in [0.1, 0.15) is 19.8 Å². The van der Waals surface area contributed by atoms with Gasteiger partial charge in [-0.3, -0.25) is 0 Å². The first-order chi connectivity index (χ1) is 5.74. The zero-order valence-electron chi connectivity index (χ0n) is 7.92. The van der Waals surface area contributed by atoms with Crippen LogP contribution in [-0.4, -0.2) is 33.0 Å². The first-order valence-electron chi connectivity index (χ1n) is 4.08. The molecule has 1 unspecified atom stereocenters. The summed E-state index contributed by atoms with van der Waals surface area (Å²) in [5, 5.41) is 2.68. The molecule has 0 saturated carbocycles. The third kappa shape index (κ3) is 4.96. The van der Waals surface area contributed by atoms with Crippen LogP contribution in [0, 0.1) is 0 Å². The molecule has 0 spiro atoms. The third-order valence-electron chi connectivity index (χ3n) is 1.51. The summed E-state index contributed by atoms with van der Waals surface area (Å²) >= 11 is 0. The monoisotopic (exact) mass is 175 g/mol. The van der Waals surface area contributed by atoms with Crippen molar-refractivity contribution in [3.8, 4) is 0 Å². The van der Waals surface area contributed by atoms with Crippen molar-refractivity contribution in [1.29, 1.82) is 0 Å². The van der Waals surface area contributed by atoms with E-state index in [0.717, 1.165) is 12.8 Å². The maximum absolute atomic E-state index is 10.8. The number of nitrogens with one attached hydrogen (secondary N) is 1. The summed E-state index contributed by atoms with van der Waals surface area (Å²) in [5.74, 6) is 0. The Bertz CT molecular complexity index is 121. The zero-order valence-corrected chi connectivity index (χ0v) is 7.92. The van der Waals surface area contributed by atoms with Crippen LogP contribution in [0.15, 0.2) is 0 Å². The van der Waals surface area contributed by atoms with Crippen LogP contribution in [0.4, 0.5) is 4.79 Å². The number of rotatable bonds is 5. The Morgan fingerprint density at radius 2 is 2.17 bits per heavy atom. The highest BCUT2D eigenvalue weighted by Crippen LogP contribution is 1.97. The Balaban J connectivity index is 3.68. The van der Waals surface area contributed by atoms with Crippen molar-refractivity contribution >= 4 is 6.09 Å². The number of hydrogen-bond donors (Lipinski definition) is 1. The van der Waals surface area contributed by atoms with E-state index in [1.165, 1.54) is 7.11 Å². The van der Waals surface area contributed by atoms with E-state index in [2.05, 4.69) is 17.0 Å². The predicted octanol–water partition coefficient (Wildman–Crippen LogP) is 1.16. The first kappa shape index (κ1) is 11.2. The summed E-state index contributed by atoms with van der Waals surface area (Å²) in [5.41, 5.74) is 0. The Kier molecular flexibility index (Phi) is 6.47. The molecule has 12 heavy (non-hydrogen) atoms. The number of alkyl carbamates (subject to hydrolysis) is 1. The molecule has 0 aliphatic rings. The van der Waals surface area contributed by atoms with Crippen molar-refractivity contribution < 1.29 is 14.3 Å². The lowest BCUT2D eigenvalue weighted by atomic mass is 10.2. The van der Waals surface area contributed by atoms with Crippen molar-refractivity contribution in [2.24, 2.45) is 0 Å². The molecule has 0 rings (SSSR count). The maximum Gasteiger partial charge on any atom is 0.407 e. The first-order valence-corrected chi connectivity index (χ1v) is 4.08. The van der Waals surface area contributed by atoms with Crippen molar-refractivity contribution in [1.82, 2.24) is 5.32 Å². The van der Waals surface area contributed by atoms with Crippen LogP contribution in [0.3, 0.4) is 0 Å². The summed E-state index contributed by atoms with van der Waals surface area (Å²) in [7, 11) is 2.97. The van der Waals surface area contributed by atoms with Crippen molar-refractivity contribution in [2.75, 3.05) is 20.8 Å². The van der Waals surface area contributed by atoms with Gasteiger partial charge < -0.3 is 14.8 Å². The topological polar surface area (TPSA) is 47.6 Å². The maximum atomic E-state index is 10.8. The zero-order chi connectivity index (χ0) is 9.40. The minimum Gasteiger partial charge on any atom is -0.453 e. The van der Waals surface area contributed by atoms with Gasteiger partial charge in [0.15, 0.2) is 0 Å². The highest BCUT2D eigenvalue weighted by Gasteiger charge is 2.10. The molecule has 4 nitrogen and oxygen atoms in total. The highest BCUT2D eigenvalue weighted by molar-refractivity contribution is 5.67. The molecule has 1 N–H and O–H groups in total. The molecule has 0 radical (unpaired) electrons. The van der Waals surface area contributed by atoms with Crippen molar-refractivity contribution in [2.45, 2.75) is 25.8 Å². The molecule has 0 saturated heterocycles. The molecule has 1 amide bonds. The van der Waals surface area contributed by atoms with Crippen molar-refractivity contribution in [3.05, 3.63) is 0 Å². The molecule has 0 heterocycles. The fraction of sp³-hybridized carbons (Fsp3) is 0.875. The Morgan fingerprint density at radius 3 is 2.58 bits per heavy atom. The molecule has 0 bridgehead atoms. The molecular formula is C8H17NO3. The minimum atomic E-state index is -0.398.